The number of carbonyl (C=O) groups excluding carboxylic acids is 3. The van der Waals surface area contributed by atoms with Gasteiger partial charge in [0.05, 0.1) is 19.2 Å². The van der Waals surface area contributed by atoms with Crippen molar-refractivity contribution in [2.45, 2.75) is 58.7 Å². The minimum absolute atomic E-state index is 0.0218. The van der Waals surface area contributed by atoms with E-state index in [1.165, 1.54) is 31.7 Å². The van der Waals surface area contributed by atoms with E-state index in [1.807, 2.05) is 0 Å². The second-order valence-corrected chi connectivity index (χ2v) is 7.04. The van der Waals surface area contributed by atoms with E-state index in [0.29, 0.717) is 0 Å². The largest absolute Gasteiger partial charge is 0.453 e. The van der Waals surface area contributed by atoms with Crippen molar-refractivity contribution in [1.82, 2.24) is 19.5 Å². The highest BCUT2D eigenvalue weighted by Gasteiger charge is 2.52. The number of esters is 3. The van der Waals surface area contributed by atoms with Crippen molar-refractivity contribution in [1.29, 1.82) is 0 Å². The maximum Gasteiger partial charge on any atom is 0.453 e. The second kappa shape index (κ2) is 11.3. The highest BCUT2D eigenvalue weighted by Crippen LogP contribution is 2.29. The molecule has 2 rings (SSSR count). The molecule has 2 unspecified atom stereocenters. The van der Waals surface area contributed by atoms with Crippen LogP contribution in [-0.4, -0.2) is 55.9 Å². The lowest BCUT2D eigenvalue weighted by atomic mass is 10.2. The molecule has 0 aliphatic heterocycles. The van der Waals surface area contributed by atoms with Gasteiger partial charge in [-0.2, -0.15) is 9.97 Å². The molecule has 2 N–H and O–H groups in total. The van der Waals surface area contributed by atoms with Gasteiger partial charge < -0.3 is 29.2 Å². The first-order chi connectivity index (χ1) is 15.2. The molecule has 0 aromatic carbocycles. The molecule has 2 aromatic rings. The summed E-state index contributed by atoms with van der Waals surface area (Å²) < 4.78 is 23.3. The SMILES string of the molecule is CCC(=O)OC(OC(=O)CC)(OC(=O)CC)C(Cn1cnc2c(Cl)nc(N)nc21)OCP. The average Bonchev–Trinajstić information content (AvgIpc) is 3.15. The van der Waals surface area contributed by atoms with E-state index >= 15 is 0 Å². The van der Waals surface area contributed by atoms with Crippen molar-refractivity contribution in [3.63, 3.8) is 0 Å². The second-order valence-electron chi connectivity index (χ2n) is 6.35. The van der Waals surface area contributed by atoms with E-state index in [4.69, 9.17) is 36.3 Å². The normalized spacial score (nSPS) is 12.4. The predicted octanol–water partition coefficient (Wildman–Crippen LogP) is 1.79. The van der Waals surface area contributed by atoms with Crippen molar-refractivity contribution in [3.05, 3.63) is 11.5 Å². The maximum atomic E-state index is 12.2. The van der Waals surface area contributed by atoms with E-state index in [2.05, 4.69) is 24.2 Å². The van der Waals surface area contributed by atoms with Gasteiger partial charge in [0.25, 0.3) is 0 Å². The molecule has 0 fully saturated rings. The number of anilines is 1. The number of nitrogen functional groups attached to an aromatic ring is 1. The molecule has 12 nitrogen and oxygen atoms in total. The summed E-state index contributed by atoms with van der Waals surface area (Å²) in [5.74, 6) is -4.91. The zero-order valence-electron chi connectivity index (χ0n) is 17.9. The molecule has 0 bridgehead atoms. The van der Waals surface area contributed by atoms with Gasteiger partial charge in [-0.1, -0.05) is 32.4 Å². The van der Waals surface area contributed by atoms with Crippen LogP contribution in [0.3, 0.4) is 0 Å². The van der Waals surface area contributed by atoms with Crippen LogP contribution >= 0.6 is 20.8 Å². The molecule has 0 spiro atoms. The molecule has 14 heteroatoms. The number of ether oxygens (including phenoxy) is 4. The quantitative estimate of drug-likeness (QED) is 0.212. The molecule has 0 aliphatic rings. The van der Waals surface area contributed by atoms with Crippen LogP contribution in [0.4, 0.5) is 5.95 Å². The van der Waals surface area contributed by atoms with E-state index in [0.717, 1.165) is 0 Å². The van der Waals surface area contributed by atoms with Crippen LogP contribution in [0, 0.1) is 0 Å². The smallest absolute Gasteiger partial charge is 0.386 e. The number of aromatic nitrogens is 4. The first-order valence-electron chi connectivity index (χ1n) is 9.80. The van der Waals surface area contributed by atoms with Crippen LogP contribution in [0.2, 0.25) is 5.15 Å². The number of fused-ring (bicyclic) bond motifs is 1. The number of nitrogens with zero attached hydrogens (tertiary/aromatic N) is 4. The molecular weight excluding hydrogens is 465 g/mol. The highest BCUT2D eigenvalue weighted by atomic mass is 35.5. The minimum atomic E-state index is -2.48. The van der Waals surface area contributed by atoms with Gasteiger partial charge in [0.2, 0.25) is 5.95 Å². The summed E-state index contributed by atoms with van der Waals surface area (Å²) in [5, 5.41) is 0.0354. The van der Waals surface area contributed by atoms with Gasteiger partial charge >= 0.3 is 23.9 Å². The third kappa shape index (κ3) is 6.02. The summed E-state index contributed by atoms with van der Waals surface area (Å²) in [5.41, 5.74) is 6.20. The van der Waals surface area contributed by atoms with Crippen molar-refractivity contribution in [2.24, 2.45) is 0 Å². The third-order valence-corrected chi connectivity index (χ3v) is 4.58. The van der Waals surface area contributed by atoms with Gasteiger partial charge in [0.15, 0.2) is 16.9 Å². The van der Waals surface area contributed by atoms with Gasteiger partial charge in [-0.3, -0.25) is 14.4 Å². The molecule has 2 atom stereocenters. The molecular formula is C18H25ClN5O7P. The molecule has 2 aromatic heterocycles. The van der Waals surface area contributed by atoms with E-state index in [1.54, 1.807) is 0 Å². The zero-order valence-corrected chi connectivity index (χ0v) is 19.8. The summed E-state index contributed by atoms with van der Waals surface area (Å²) in [6, 6.07) is 0. The first-order valence-corrected chi connectivity index (χ1v) is 11.0. The predicted molar refractivity (Wildman–Crippen MR) is 116 cm³/mol. The summed E-state index contributed by atoms with van der Waals surface area (Å²) in [6.07, 6.45) is -0.121. The van der Waals surface area contributed by atoms with Gasteiger partial charge in [-0.15, -0.1) is 9.24 Å². The number of hydrogen-bond acceptors (Lipinski definition) is 11. The van der Waals surface area contributed by atoms with Crippen molar-refractivity contribution >= 4 is 55.9 Å². The standard InChI is InChI=1S/C18H25ClN5O7P/c1-4-11(25)29-18(30-12(26)5-2,31-13(27)6-3)10(28-9-32)7-24-8-21-14-15(19)22-17(20)23-16(14)24/h8,10H,4-7,9,32H2,1-3H3,(H2,20,22,23). The summed E-state index contributed by atoms with van der Waals surface area (Å²) >= 11 is 6.08. The number of rotatable bonds is 11. The van der Waals surface area contributed by atoms with Crippen molar-refractivity contribution < 1.29 is 33.3 Å². The fourth-order valence-electron chi connectivity index (χ4n) is 2.57. The van der Waals surface area contributed by atoms with Crippen LogP contribution in [0.1, 0.15) is 40.0 Å². The molecule has 0 saturated carbocycles. The Morgan fingerprint density at radius 2 is 1.62 bits per heavy atom. The number of halogens is 1. The van der Waals surface area contributed by atoms with Crippen LogP contribution in [0.25, 0.3) is 11.2 Å². The third-order valence-electron chi connectivity index (χ3n) is 4.13. The van der Waals surface area contributed by atoms with Crippen LogP contribution < -0.4 is 5.73 Å². The van der Waals surface area contributed by atoms with Gasteiger partial charge in [0.1, 0.15) is 5.52 Å². The molecule has 2 heterocycles. The molecule has 0 radical (unpaired) electrons. The van der Waals surface area contributed by atoms with Crippen molar-refractivity contribution in [3.8, 4) is 0 Å². The average molecular weight is 490 g/mol. The number of imidazole rings is 1. The summed E-state index contributed by atoms with van der Waals surface area (Å²) in [4.78, 5) is 48.8. The molecule has 0 saturated heterocycles. The maximum absolute atomic E-state index is 12.2. The topological polar surface area (TPSA) is 158 Å². The van der Waals surface area contributed by atoms with E-state index in [9.17, 15) is 14.4 Å². The monoisotopic (exact) mass is 489 g/mol. The van der Waals surface area contributed by atoms with Crippen molar-refractivity contribution in [2.75, 3.05) is 12.1 Å². The number of nitrogens with two attached hydrogens (primary N) is 1. The Balaban J connectivity index is 2.59. The first kappa shape index (κ1) is 25.7. The minimum Gasteiger partial charge on any atom is -0.386 e. The fraction of sp³-hybridized carbons (Fsp3) is 0.556. The fourth-order valence-corrected chi connectivity index (χ4v) is 3.02. The molecule has 176 valence electrons. The number of hydrogen-bond donors (Lipinski definition) is 1. The molecule has 32 heavy (non-hydrogen) atoms. The zero-order chi connectivity index (χ0) is 23.9. The molecule has 0 aliphatic carbocycles. The van der Waals surface area contributed by atoms with Gasteiger partial charge in [-0.05, 0) is 0 Å². The lowest BCUT2D eigenvalue weighted by Gasteiger charge is -2.36. The Bertz CT molecular complexity index is 940. The van der Waals surface area contributed by atoms with Crippen LogP contribution in [-0.2, 0) is 39.9 Å². The van der Waals surface area contributed by atoms with Gasteiger partial charge in [-0.25, -0.2) is 4.98 Å². The van der Waals surface area contributed by atoms with E-state index < -0.39 is 30.0 Å². The lowest BCUT2D eigenvalue weighted by molar-refractivity contribution is -0.368. The van der Waals surface area contributed by atoms with Crippen LogP contribution in [0.5, 0.6) is 0 Å². The highest BCUT2D eigenvalue weighted by molar-refractivity contribution is 7.16. The van der Waals surface area contributed by atoms with Crippen LogP contribution in [0.15, 0.2) is 6.33 Å². The van der Waals surface area contributed by atoms with Gasteiger partial charge in [0, 0.05) is 19.3 Å². The Hall–Kier alpha value is -2.56. The summed E-state index contributed by atoms with van der Waals surface area (Å²) in [6.45, 7) is 4.44. The Kier molecular flexibility index (Phi) is 9.11. The Morgan fingerprint density at radius 1 is 1.09 bits per heavy atom. The Labute approximate surface area is 191 Å². The lowest BCUT2D eigenvalue weighted by Crippen LogP contribution is -2.55. The summed E-state index contributed by atoms with van der Waals surface area (Å²) in [7, 11) is 2.32. The Morgan fingerprint density at radius 3 is 2.09 bits per heavy atom. The molecule has 0 amide bonds. The number of carbonyl (C=O) groups is 3. The van der Waals surface area contributed by atoms with E-state index in [-0.39, 0.29) is 54.4 Å².